The molecule has 2 aromatic carbocycles. The predicted molar refractivity (Wildman–Crippen MR) is 84.3 cm³/mol. The van der Waals surface area contributed by atoms with Crippen molar-refractivity contribution in [3.8, 4) is 11.4 Å². The van der Waals surface area contributed by atoms with Crippen LogP contribution in [0.15, 0.2) is 54.7 Å². The molecule has 130 valence electrons. The Bertz CT molecular complexity index is 870. The lowest BCUT2D eigenvalue weighted by Crippen LogP contribution is -2.15. The number of methoxy groups -OCH3 is 1. The number of aromatic nitrogens is 2. The molecule has 25 heavy (non-hydrogen) atoms. The van der Waals surface area contributed by atoms with Crippen LogP contribution in [0.5, 0.6) is 5.75 Å². The average molecular weight is 350 g/mol. The van der Waals surface area contributed by atoms with Crippen LogP contribution < -0.4 is 4.74 Å². The average Bonchev–Trinajstić information content (AvgIpc) is 3.01. The molecule has 0 spiro atoms. The maximum atomic E-state index is 13.9. The van der Waals surface area contributed by atoms with Crippen LogP contribution in [-0.2, 0) is 12.6 Å². The third-order valence-electron chi connectivity index (χ3n) is 3.75. The van der Waals surface area contributed by atoms with Crippen molar-refractivity contribution in [3.63, 3.8) is 0 Å². The maximum Gasteiger partial charge on any atom is 0.450 e. The second-order valence-corrected chi connectivity index (χ2v) is 5.37. The van der Waals surface area contributed by atoms with Gasteiger partial charge in [-0.3, -0.25) is 4.57 Å². The molecule has 0 aliphatic rings. The summed E-state index contributed by atoms with van der Waals surface area (Å²) in [6.45, 7) is 0. The molecule has 0 saturated carbocycles. The van der Waals surface area contributed by atoms with Gasteiger partial charge >= 0.3 is 6.18 Å². The van der Waals surface area contributed by atoms with Crippen LogP contribution >= 0.6 is 0 Å². The number of halogens is 4. The van der Waals surface area contributed by atoms with Gasteiger partial charge in [-0.1, -0.05) is 18.2 Å². The van der Waals surface area contributed by atoms with Gasteiger partial charge in [-0.05, 0) is 35.9 Å². The van der Waals surface area contributed by atoms with Gasteiger partial charge in [-0.25, -0.2) is 9.37 Å². The standard InChI is InChI=1S/C18H14F4N2O/c1-25-15-8-6-13(7-9-15)24-14(11-23-17(24)18(20,21)22)10-12-4-2-3-5-16(12)19/h2-9,11H,10H2,1H3. The highest BCUT2D eigenvalue weighted by atomic mass is 19.4. The van der Waals surface area contributed by atoms with Gasteiger partial charge in [0.25, 0.3) is 0 Å². The lowest BCUT2D eigenvalue weighted by atomic mass is 10.1. The van der Waals surface area contributed by atoms with Crippen molar-refractivity contribution in [1.29, 1.82) is 0 Å². The van der Waals surface area contributed by atoms with Crippen molar-refractivity contribution in [2.24, 2.45) is 0 Å². The van der Waals surface area contributed by atoms with Crippen LogP contribution in [-0.4, -0.2) is 16.7 Å². The Morgan fingerprint density at radius 2 is 1.72 bits per heavy atom. The van der Waals surface area contributed by atoms with Gasteiger partial charge in [0, 0.05) is 24.0 Å². The summed E-state index contributed by atoms with van der Waals surface area (Å²) in [5.41, 5.74) is 0.811. The first kappa shape index (κ1) is 17.0. The number of alkyl halides is 3. The molecule has 0 saturated heterocycles. The molecule has 0 aliphatic carbocycles. The summed E-state index contributed by atoms with van der Waals surface area (Å²) in [7, 11) is 1.47. The zero-order chi connectivity index (χ0) is 18.0. The van der Waals surface area contributed by atoms with E-state index >= 15 is 0 Å². The third kappa shape index (κ3) is 3.50. The van der Waals surface area contributed by atoms with Crippen LogP contribution in [0.25, 0.3) is 5.69 Å². The van der Waals surface area contributed by atoms with Gasteiger partial charge in [-0.15, -0.1) is 0 Å². The molecular weight excluding hydrogens is 336 g/mol. The number of hydrogen-bond acceptors (Lipinski definition) is 2. The molecule has 3 aromatic rings. The minimum absolute atomic E-state index is 0.0121. The summed E-state index contributed by atoms with van der Waals surface area (Å²) in [5, 5.41) is 0. The highest BCUT2D eigenvalue weighted by molar-refractivity contribution is 5.41. The van der Waals surface area contributed by atoms with E-state index in [9.17, 15) is 17.6 Å². The van der Waals surface area contributed by atoms with Gasteiger partial charge in [0.2, 0.25) is 5.82 Å². The number of hydrogen-bond donors (Lipinski definition) is 0. The zero-order valence-corrected chi connectivity index (χ0v) is 13.2. The molecular formula is C18H14F4N2O. The normalized spacial score (nSPS) is 11.6. The van der Waals surface area contributed by atoms with E-state index in [4.69, 9.17) is 4.74 Å². The van der Waals surface area contributed by atoms with E-state index < -0.39 is 17.8 Å². The first-order valence-corrected chi connectivity index (χ1v) is 7.42. The van der Waals surface area contributed by atoms with Crippen LogP contribution in [0.1, 0.15) is 17.1 Å². The van der Waals surface area contributed by atoms with Crippen LogP contribution in [0.2, 0.25) is 0 Å². The molecule has 0 amide bonds. The summed E-state index contributed by atoms with van der Waals surface area (Å²) < 4.78 is 59.9. The maximum absolute atomic E-state index is 13.9. The van der Waals surface area contributed by atoms with Gasteiger partial charge in [0.15, 0.2) is 0 Å². The summed E-state index contributed by atoms with van der Waals surface area (Å²) in [6.07, 6.45) is -3.52. The number of benzene rings is 2. The van der Waals surface area contributed by atoms with E-state index in [-0.39, 0.29) is 17.8 Å². The van der Waals surface area contributed by atoms with E-state index in [1.54, 1.807) is 18.2 Å². The summed E-state index contributed by atoms with van der Waals surface area (Å²) in [4.78, 5) is 3.52. The van der Waals surface area contributed by atoms with Crippen molar-refractivity contribution < 1.29 is 22.3 Å². The quantitative estimate of drug-likeness (QED) is 0.642. The van der Waals surface area contributed by atoms with E-state index in [2.05, 4.69) is 4.98 Å². The van der Waals surface area contributed by atoms with E-state index in [0.717, 1.165) is 10.8 Å². The van der Waals surface area contributed by atoms with Gasteiger partial charge < -0.3 is 4.74 Å². The second kappa shape index (κ2) is 6.58. The Kier molecular flexibility index (Phi) is 4.48. The van der Waals surface area contributed by atoms with Crippen LogP contribution in [0, 0.1) is 5.82 Å². The highest BCUT2D eigenvalue weighted by Crippen LogP contribution is 2.32. The Hall–Kier alpha value is -2.83. The fourth-order valence-electron chi connectivity index (χ4n) is 2.57. The highest BCUT2D eigenvalue weighted by Gasteiger charge is 2.37. The Morgan fingerprint density at radius 1 is 1.04 bits per heavy atom. The van der Waals surface area contributed by atoms with Gasteiger partial charge in [-0.2, -0.15) is 13.2 Å². The number of ether oxygens (including phenoxy) is 1. The fraction of sp³-hybridized carbons (Fsp3) is 0.167. The third-order valence-corrected chi connectivity index (χ3v) is 3.75. The summed E-state index contributed by atoms with van der Waals surface area (Å²) >= 11 is 0. The minimum atomic E-state index is -4.63. The minimum Gasteiger partial charge on any atom is -0.497 e. The molecule has 1 aromatic heterocycles. The molecule has 0 unspecified atom stereocenters. The van der Waals surface area contributed by atoms with Crippen LogP contribution in [0.3, 0.4) is 0 Å². The number of nitrogens with zero attached hydrogens (tertiary/aromatic N) is 2. The Labute approximate surface area is 141 Å². The summed E-state index contributed by atoms with van der Waals surface area (Å²) in [5.74, 6) is -1.00. The molecule has 0 aliphatic heterocycles. The molecule has 1 heterocycles. The largest absolute Gasteiger partial charge is 0.497 e. The van der Waals surface area contributed by atoms with Crippen molar-refractivity contribution in [1.82, 2.24) is 9.55 Å². The second-order valence-electron chi connectivity index (χ2n) is 5.37. The van der Waals surface area contributed by atoms with Gasteiger partial charge in [0.1, 0.15) is 11.6 Å². The van der Waals surface area contributed by atoms with Crippen molar-refractivity contribution >= 4 is 0 Å². The predicted octanol–water partition coefficient (Wildman–Crippen LogP) is 4.63. The molecule has 0 bridgehead atoms. The summed E-state index contributed by atoms with van der Waals surface area (Å²) in [6, 6.07) is 12.1. The zero-order valence-electron chi connectivity index (χ0n) is 13.2. The van der Waals surface area contributed by atoms with E-state index in [0.29, 0.717) is 11.3 Å². The Balaban J connectivity index is 2.10. The Morgan fingerprint density at radius 3 is 2.32 bits per heavy atom. The number of imidazole rings is 1. The first-order chi connectivity index (χ1) is 11.9. The monoisotopic (exact) mass is 350 g/mol. The molecule has 0 atom stereocenters. The van der Waals surface area contributed by atoms with E-state index in [1.165, 1.54) is 37.4 Å². The van der Waals surface area contributed by atoms with Crippen molar-refractivity contribution in [2.75, 3.05) is 7.11 Å². The molecule has 3 nitrogen and oxygen atoms in total. The molecule has 0 N–H and O–H groups in total. The molecule has 0 fully saturated rings. The lowest BCUT2D eigenvalue weighted by molar-refractivity contribution is -0.146. The van der Waals surface area contributed by atoms with Crippen molar-refractivity contribution in [2.45, 2.75) is 12.6 Å². The lowest BCUT2D eigenvalue weighted by Gasteiger charge is -2.14. The molecule has 0 radical (unpaired) electrons. The molecule has 7 heteroatoms. The fourth-order valence-corrected chi connectivity index (χ4v) is 2.57. The van der Waals surface area contributed by atoms with Crippen LogP contribution in [0.4, 0.5) is 17.6 Å². The first-order valence-electron chi connectivity index (χ1n) is 7.42. The SMILES string of the molecule is COc1ccc(-n2c(Cc3ccccc3F)cnc2C(F)(F)F)cc1. The van der Waals surface area contributed by atoms with Crippen molar-refractivity contribution in [3.05, 3.63) is 77.6 Å². The van der Waals surface area contributed by atoms with Gasteiger partial charge in [0.05, 0.1) is 7.11 Å². The topological polar surface area (TPSA) is 27.1 Å². The molecule has 3 rings (SSSR count). The smallest absolute Gasteiger partial charge is 0.450 e. The van der Waals surface area contributed by atoms with E-state index in [1.807, 2.05) is 0 Å². The number of rotatable bonds is 4.